The molecule has 0 saturated heterocycles. The van der Waals surface area contributed by atoms with Crippen molar-refractivity contribution in [2.75, 3.05) is 19.8 Å². The number of rotatable bonds is 9. The number of carbonyl (C=O) groups is 2. The van der Waals surface area contributed by atoms with Crippen molar-refractivity contribution in [2.24, 2.45) is 0 Å². The monoisotopic (exact) mass is 370 g/mol. The van der Waals surface area contributed by atoms with Gasteiger partial charge in [-0.2, -0.15) is 8.78 Å². The van der Waals surface area contributed by atoms with Crippen LogP contribution in [-0.4, -0.2) is 58.3 Å². The van der Waals surface area contributed by atoms with E-state index in [1.807, 2.05) is 0 Å². The second kappa shape index (κ2) is 8.85. The van der Waals surface area contributed by atoms with Crippen molar-refractivity contribution in [1.82, 2.24) is 20.3 Å². The zero-order valence-corrected chi connectivity index (χ0v) is 13.7. The van der Waals surface area contributed by atoms with E-state index in [-0.39, 0.29) is 24.6 Å². The molecule has 2 rings (SSSR count). The Morgan fingerprint density at radius 2 is 2.00 bits per heavy atom. The smallest absolute Gasteiger partial charge is 0.387 e. The summed E-state index contributed by atoms with van der Waals surface area (Å²) < 4.78 is 34.8. The van der Waals surface area contributed by atoms with Crippen LogP contribution in [0.1, 0.15) is 16.2 Å². The number of ether oxygens (including phenoxy) is 2. The number of benzene rings is 1. The second-order valence-corrected chi connectivity index (χ2v) is 5.01. The highest BCUT2D eigenvalue weighted by Gasteiger charge is 2.17. The summed E-state index contributed by atoms with van der Waals surface area (Å²) in [6.07, 6.45) is 0. The molecule has 1 heterocycles. The number of hydrogen-bond acceptors (Lipinski definition) is 6. The number of carboxylic acid groups (broad SMARTS) is 1. The third-order valence-corrected chi connectivity index (χ3v) is 3.17. The van der Waals surface area contributed by atoms with Crippen molar-refractivity contribution >= 4 is 11.9 Å². The highest BCUT2D eigenvalue weighted by molar-refractivity contribution is 5.93. The van der Waals surface area contributed by atoms with Gasteiger partial charge in [-0.3, -0.25) is 4.79 Å². The van der Waals surface area contributed by atoms with Gasteiger partial charge in [0.2, 0.25) is 0 Å². The lowest BCUT2D eigenvalue weighted by Gasteiger charge is -2.07. The number of alkyl halides is 2. The van der Waals surface area contributed by atoms with Crippen molar-refractivity contribution in [3.63, 3.8) is 0 Å². The number of nitrogens with zero attached hydrogens (tertiary/aromatic N) is 3. The van der Waals surface area contributed by atoms with E-state index in [9.17, 15) is 18.4 Å². The molecule has 0 aliphatic heterocycles. The standard InChI is InChI=1S/C15H16F2N4O5/c1-9-13(14(24)18-6-7-25-8-12(22)23)19-20-21(9)10-2-4-11(5-3-10)26-15(16)17/h2-5,15H,6-8H2,1H3,(H,18,24)(H,22,23). The van der Waals surface area contributed by atoms with Gasteiger partial charge in [0.15, 0.2) is 5.69 Å². The van der Waals surface area contributed by atoms with Crippen LogP contribution in [0.3, 0.4) is 0 Å². The molecule has 1 amide bonds. The SMILES string of the molecule is Cc1c(C(=O)NCCOCC(=O)O)nnn1-c1ccc(OC(F)F)cc1. The Morgan fingerprint density at radius 1 is 1.31 bits per heavy atom. The summed E-state index contributed by atoms with van der Waals surface area (Å²) in [5.41, 5.74) is 1.04. The van der Waals surface area contributed by atoms with Gasteiger partial charge in [0.1, 0.15) is 12.4 Å². The van der Waals surface area contributed by atoms with Gasteiger partial charge in [-0.15, -0.1) is 5.10 Å². The number of carboxylic acids is 1. The molecule has 0 bridgehead atoms. The number of amides is 1. The molecule has 0 aliphatic rings. The molecule has 0 radical (unpaired) electrons. The molecule has 0 atom stereocenters. The minimum Gasteiger partial charge on any atom is -0.480 e. The van der Waals surface area contributed by atoms with Crippen LogP contribution in [0.4, 0.5) is 8.78 Å². The predicted octanol–water partition coefficient (Wildman–Crippen LogP) is 1.01. The van der Waals surface area contributed by atoms with E-state index in [4.69, 9.17) is 9.84 Å². The van der Waals surface area contributed by atoms with Gasteiger partial charge in [0, 0.05) is 6.54 Å². The molecular formula is C15H16F2N4O5. The number of nitrogens with one attached hydrogen (secondary N) is 1. The van der Waals surface area contributed by atoms with Crippen LogP contribution in [0.5, 0.6) is 5.75 Å². The Balaban J connectivity index is 1.98. The van der Waals surface area contributed by atoms with Crippen LogP contribution in [0.25, 0.3) is 5.69 Å². The lowest BCUT2D eigenvalue weighted by Crippen LogP contribution is -2.28. The molecule has 2 N–H and O–H groups in total. The summed E-state index contributed by atoms with van der Waals surface area (Å²) in [6.45, 7) is -1.59. The maximum atomic E-state index is 12.2. The first kappa shape index (κ1) is 19.2. The molecule has 2 aromatic rings. The molecular weight excluding hydrogens is 354 g/mol. The van der Waals surface area contributed by atoms with Crippen molar-refractivity contribution in [3.05, 3.63) is 35.7 Å². The van der Waals surface area contributed by atoms with Crippen LogP contribution >= 0.6 is 0 Å². The molecule has 1 aromatic carbocycles. The van der Waals surface area contributed by atoms with E-state index in [2.05, 4.69) is 20.4 Å². The molecule has 26 heavy (non-hydrogen) atoms. The van der Waals surface area contributed by atoms with Crippen LogP contribution in [0.15, 0.2) is 24.3 Å². The quantitative estimate of drug-likeness (QED) is 0.633. The number of aliphatic carboxylic acids is 1. The molecule has 11 heteroatoms. The normalized spacial score (nSPS) is 10.8. The topological polar surface area (TPSA) is 116 Å². The zero-order valence-electron chi connectivity index (χ0n) is 13.7. The minimum absolute atomic E-state index is 0.000783. The Bertz CT molecular complexity index is 764. The van der Waals surface area contributed by atoms with Gasteiger partial charge >= 0.3 is 12.6 Å². The van der Waals surface area contributed by atoms with E-state index in [1.165, 1.54) is 28.9 Å². The molecule has 9 nitrogen and oxygen atoms in total. The summed E-state index contributed by atoms with van der Waals surface area (Å²) in [5, 5.41) is 18.6. The highest BCUT2D eigenvalue weighted by Crippen LogP contribution is 2.18. The maximum Gasteiger partial charge on any atom is 0.387 e. The summed E-state index contributed by atoms with van der Waals surface area (Å²) in [5.74, 6) is -1.59. The van der Waals surface area contributed by atoms with E-state index in [0.29, 0.717) is 11.4 Å². The molecule has 140 valence electrons. The van der Waals surface area contributed by atoms with E-state index < -0.39 is 25.1 Å². The zero-order chi connectivity index (χ0) is 19.1. The first-order valence-electron chi connectivity index (χ1n) is 7.43. The first-order valence-corrected chi connectivity index (χ1v) is 7.43. The van der Waals surface area contributed by atoms with Gasteiger partial charge < -0.3 is 19.9 Å². The van der Waals surface area contributed by atoms with Crippen LogP contribution in [0, 0.1) is 6.92 Å². The van der Waals surface area contributed by atoms with Crippen LogP contribution in [-0.2, 0) is 9.53 Å². The summed E-state index contributed by atoms with van der Waals surface area (Å²) in [7, 11) is 0. The molecule has 0 saturated carbocycles. The Labute approximate surface area is 146 Å². The van der Waals surface area contributed by atoms with E-state index in [1.54, 1.807) is 6.92 Å². The van der Waals surface area contributed by atoms with Gasteiger partial charge in [-0.1, -0.05) is 5.21 Å². The molecule has 0 unspecified atom stereocenters. The third kappa shape index (κ3) is 5.21. The second-order valence-electron chi connectivity index (χ2n) is 5.01. The lowest BCUT2D eigenvalue weighted by atomic mass is 10.2. The number of aromatic nitrogens is 3. The number of halogens is 2. The van der Waals surface area contributed by atoms with Gasteiger partial charge in [-0.25, -0.2) is 9.48 Å². The fraction of sp³-hybridized carbons (Fsp3) is 0.333. The summed E-state index contributed by atoms with van der Waals surface area (Å²) in [6, 6.07) is 5.70. The molecule has 0 fully saturated rings. The number of hydrogen-bond donors (Lipinski definition) is 2. The average Bonchev–Trinajstić information content (AvgIpc) is 2.96. The third-order valence-electron chi connectivity index (χ3n) is 3.17. The van der Waals surface area contributed by atoms with E-state index in [0.717, 1.165) is 0 Å². The molecule has 1 aromatic heterocycles. The van der Waals surface area contributed by atoms with E-state index >= 15 is 0 Å². The van der Waals surface area contributed by atoms with Crippen molar-refractivity contribution < 1.29 is 33.0 Å². The lowest BCUT2D eigenvalue weighted by molar-refractivity contribution is -0.142. The van der Waals surface area contributed by atoms with Crippen molar-refractivity contribution in [1.29, 1.82) is 0 Å². The van der Waals surface area contributed by atoms with Gasteiger partial charge in [0.25, 0.3) is 5.91 Å². The fourth-order valence-corrected chi connectivity index (χ4v) is 2.03. The number of carbonyl (C=O) groups excluding carboxylic acids is 1. The van der Waals surface area contributed by atoms with Crippen molar-refractivity contribution in [3.8, 4) is 11.4 Å². The average molecular weight is 370 g/mol. The molecule has 0 spiro atoms. The molecule has 0 aliphatic carbocycles. The van der Waals surface area contributed by atoms with Gasteiger partial charge in [-0.05, 0) is 31.2 Å². The Hall–Kier alpha value is -3.08. The van der Waals surface area contributed by atoms with Gasteiger partial charge in [0.05, 0.1) is 18.0 Å². The minimum atomic E-state index is -2.91. The predicted molar refractivity (Wildman–Crippen MR) is 83.5 cm³/mol. The van der Waals surface area contributed by atoms with Crippen LogP contribution < -0.4 is 10.1 Å². The van der Waals surface area contributed by atoms with Crippen LogP contribution in [0.2, 0.25) is 0 Å². The van der Waals surface area contributed by atoms with Crippen molar-refractivity contribution in [2.45, 2.75) is 13.5 Å². The fourth-order valence-electron chi connectivity index (χ4n) is 2.03. The maximum absolute atomic E-state index is 12.2. The first-order chi connectivity index (χ1) is 12.4. The Morgan fingerprint density at radius 3 is 2.62 bits per heavy atom. The Kier molecular flexibility index (Phi) is 6.55. The highest BCUT2D eigenvalue weighted by atomic mass is 19.3. The summed E-state index contributed by atoms with van der Waals surface area (Å²) >= 11 is 0. The largest absolute Gasteiger partial charge is 0.480 e. The summed E-state index contributed by atoms with van der Waals surface area (Å²) in [4.78, 5) is 22.4.